The Morgan fingerprint density at radius 1 is 0.919 bits per heavy atom. The number of hydrogen-bond acceptors (Lipinski definition) is 6. The van der Waals surface area contributed by atoms with Gasteiger partial charge < -0.3 is 14.8 Å². The molecule has 0 fully saturated rings. The molecule has 0 radical (unpaired) electrons. The van der Waals surface area contributed by atoms with Crippen LogP contribution in [0.15, 0.2) is 18.2 Å². The number of rotatable bonds is 17. The van der Waals surface area contributed by atoms with Crippen LogP contribution in [0.25, 0.3) is 0 Å². The molecule has 0 saturated heterocycles. The second-order valence-electron chi connectivity index (χ2n) is 10.5. The van der Waals surface area contributed by atoms with E-state index >= 15 is 0 Å². The lowest BCUT2D eigenvalue weighted by Gasteiger charge is -2.16. The summed E-state index contributed by atoms with van der Waals surface area (Å²) < 4.78 is 10.5. The number of benzene rings is 1. The Kier molecular flexibility index (Phi) is 15.1. The van der Waals surface area contributed by atoms with Crippen LogP contribution >= 0.6 is 11.6 Å². The lowest BCUT2D eigenvalue weighted by molar-refractivity contribution is -0.153. The molecule has 8 heteroatoms. The van der Waals surface area contributed by atoms with Gasteiger partial charge in [-0.05, 0) is 31.5 Å². The zero-order valence-electron chi connectivity index (χ0n) is 23.1. The van der Waals surface area contributed by atoms with Gasteiger partial charge in [-0.2, -0.15) is 0 Å². The van der Waals surface area contributed by atoms with Gasteiger partial charge in [0.25, 0.3) is 0 Å². The summed E-state index contributed by atoms with van der Waals surface area (Å²) in [7, 11) is 0. The molecule has 0 aromatic heterocycles. The summed E-state index contributed by atoms with van der Waals surface area (Å²) in [6.07, 6.45) is 10.5. The van der Waals surface area contributed by atoms with Gasteiger partial charge >= 0.3 is 11.9 Å². The van der Waals surface area contributed by atoms with Gasteiger partial charge in [-0.25, -0.2) is 9.59 Å². The van der Waals surface area contributed by atoms with Crippen molar-refractivity contribution in [3.8, 4) is 0 Å². The number of unbranched alkanes of at least 4 members (excludes halogenated alkanes) is 9. The van der Waals surface area contributed by atoms with Gasteiger partial charge in [-0.15, -0.1) is 0 Å². The van der Waals surface area contributed by atoms with Crippen LogP contribution in [0.3, 0.4) is 0 Å². The highest BCUT2D eigenvalue weighted by atomic mass is 35.5. The molecule has 0 aliphatic heterocycles. The van der Waals surface area contributed by atoms with E-state index in [2.05, 4.69) is 12.2 Å². The number of hydrogen-bond donors (Lipinski definition) is 1. The maximum absolute atomic E-state index is 12.5. The van der Waals surface area contributed by atoms with Gasteiger partial charge in [-0.1, -0.05) is 97.1 Å². The van der Waals surface area contributed by atoms with Crippen LogP contribution in [0.2, 0.25) is 5.02 Å². The first-order chi connectivity index (χ1) is 17.5. The van der Waals surface area contributed by atoms with Crippen molar-refractivity contribution < 1.29 is 28.7 Å². The second kappa shape index (κ2) is 17.2. The Hall–Kier alpha value is -2.41. The summed E-state index contributed by atoms with van der Waals surface area (Å²) in [5.41, 5.74) is -0.361. The molecule has 0 saturated carbocycles. The number of amides is 1. The summed E-state index contributed by atoms with van der Waals surface area (Å²) in [6.45, 7) is 9.16. The number of halogens is 1. The minimum Gasteiger partial charge on any atom is -0.463 e. The molecule has 7 nitrogen and oxygen atoms in total. The van der Waals surface area contributed by atoms with Crippen molar-refractivity contribution in [3.63, 3.8) is 0 Å². The monoisotopic (exact) mass is 537 g/mol. The Bertz CT molecular complexity index is 893. The van der Waals surface area contributed by atoms with Crippen LogP contribution in [0.4, 0.5) is 5.69 Å². The quantitative estimate of drug-likeness (QED) is 0.127. The molecule has 1 amide bonds. The molecular weight excluding hydrogens is 494 g/mol. The third-order valence-corrected chi connectivity index (χ3v) is 6.32. The fourth-order valence-electron chi connectivity index (χ4n) is 3.51. The zero-order chi connectivity index (χ0) is 27.8. The van der Waals surface area contributed by atoms with Crippen LogP contribution in [-0.2, 0) is 23.9 Å². The molecule has 1 aromatic carbocycles. The van der Waals surface area contributed by atoms with Crippen LogP contribution in [0.5, 0.6) is 0 Å². The van der Waals surface area contributed by atoms with Crippen molar-refractivity contribution in [2.75, 3.05) is 11.9 Å². The highest BCUT2D eigenvalue weighted by Gasteiger charge is 2.25. The highest BCUT2D eigenvalue weighted by Crippen LogP contribution is 2.25. The van der Waals surface area contributed by atoms with Gasteiger partial charge in [0, 0.05) is 5.41 Å². The van der Waals surface area contributed by atoms with Gasteiger partial charge in [0.15, 0.2) is 6.10 Å². The van der Waals surface area contributed by atoms with E-state index < -0.39 is 29.4 Å². The van der Waals surface area contributed by atoms with Gasteiger partial charge in [0.2, 0.25) is 5.91 Å². The predicted octanol–water partition coefficient (Wildman–Crippen LogP) is 7.29. The third-order valence-electron chi connectivity index (χ3n) is 5.99. The van der Waals surface area contributed by atoms with E-state index in [1.165, 1.54) is 70.1 Å². The average molecular weight is 538 g/mol. The lowest BCUT2D eigenvalue weighted by atomic mass is 9.89. The average Bonchev–Trinajstić information content (AvgIpc) is 2.82. The standard InChI is InChI=1S/C29H44ClNO6/c1-6-7-8-9-10-11-12-13-14-15-18-36-27(34)21(2)37-28(35)22-16-17-23(30)24(19-22)31-26(33)20-25(32)29(3,4)5/h16-17,19,21H,6-15,18,20H2,1-5H3,(H,31,33). The molecule has 208 valence electrons. The maximum atomic E-state index is 12.5. The topological polar surface area (TPSA) is 98.8 Å². The van der Waals surface area contributed by atoms with Crippen molar-refractivity contribution in [1.82, 2.24) is 0 Å². The first-order valence-corrected chi connectivity index (χ1v) is 13.8. The largest absolute Gasteiger partial charge is 0.463 e. The van der Waals surface area contributed by atoms with E-state index in [0.29, 0.717) is 6.61 Å². The smallest absolute Gasteiger partial charge is 0.347 e. The van der Waals surface area contributed by atoms with Crippen molar-refractivity contribution in [3.05, 3.63) is 28.8 Å². The zero-order valence-corrected chi connectivity index (χ0v) is 23.9. The van der Waals surface area contributed by atoms with Crippen LogP contribution in [0.1, 0.15) is 116 Å². The molecule has 1 rings (SSSR count). The molecule has 1 aromatic rings. The first-order valence-electron chi connectivity index (χ1n) is 13.5. The minimum absolute atomic E-state index is 0.108. The molecule has 1 atom stereocenters. The number of Topliss-reactive ketones (excluding diaryl/α,β-unsaturated/α-hetero) is 1. The van der Waals surface area contributed by atoms with Gasteiger partial charge in [0.05, 0.1) is 29.3 Å². The van der Waals surface area contributed by atoms with E-state index in [0.717, 1.165) is 19.3 Å². The number of esters is 2. The van der Waals surface area contributed by atoms with E-state index in [1.807, 2.05) is 0 Å². The Balaban J connectivity index is 2.41. The van der Waals surface area contributed by atoms with E-state index in [9.17, 15) is 19.2 Å². The van der Waals surface area contributed by atoms with Gasteiger partial charge in [-0.3, -0.25) is 9.59 Å². The molecule has 1 unspecified atom stereocenters. The van der Waals surface area contributed by atoms with Gasteiger partial charge in [0.1, 0.15) is 5.78 Å². The molecule has 0 aliphatic carbocycles. The summed E-state index contributed by atoms with van der Waals surface area (Å²) in [5.74, 6) is -2.10. The van der Waals surface area contributed by atoms with E-state index in [1.54, 1.807) is 20.8 Å². The number of nitrogens with one attached hydrogen (secondary N) is 1. The second-order valence-corrected chi connectivity index (χ2v) is 10.9. The molecule has 0 heterocycles. The normalized spacial score (nSPS) is 12.1. The van der Waals surface area contributed by atoms with Crippen LogP contribution in [0, 0.1) is 5.41 Å². The first kappa shape index (κ1) is 32.6. The fraction of sp³-hybridized carbons (Fsp3) is 0.655. The van der Waals surface area contributed by atoms with E-state index in [4.69, 9.17) is 21.1 Å². The highest BCUT2D eigenvalue weighted by molar-refractivity contribution is 6.34. The Morgan fingerprint density at radius 2 is 1.49 bits per heavy atom. The molecule has 0 spiro atoms. The number of carbonyl (C=O) groups is 4. The Morgan fingerprint density at radius 3 is 2.05 bits per heavy atom. The molecule has 0 bridgehead atoms. The Labute approximate surface area is 227 Å². The van der Waals surface area contributed by atoms with Crippen molar-refractivity contribution in [2.45, 2.75) is 111 Å². The van der Waals surface area contributed by atoms with Crippen LogP contribution in [-0.4, -0.2) is 36.3 Å². The van der Waals surface area contributed by atoms with Crippen molar-refractivity contribution in [2.24, 2.45) is 5.41 Å². The third kappa shape index (κ3) is 13.6. The summed E-state index contributed by atoms with van der Waals surface area (Å²) >= 11 is 6.14. The predicted molar refractivity (Wildman–Crippen MR) is 147 cm³/mol. The summed E-state index contributed by atoms with van der Waals surface area (Å²) in [4.78, 5) is 49.1. The van der Waals surface area contributed by atoms with E-state index in [-0.39, 0.29) is 28.5 Å². The minimum atomic E-state index is -1.08. The van der Waals surface area contributed by atoms with Crippen molar-refractivity contribution >= 4 is 40.9 Å². The molecule has 37 heavy (non-hydrogen) atoms. The molecular formula is C29H44ClNO6. The lowest BCUT2D eigenvalue weighted by Crippen LogP contribution is -2.27. The molecule has 1 N–H and O–H groups in total. The summed E-state index contributed by atoms with van der Waals surface area (Å²) in [5, 5.41) is 2.76. The SMILES string of the molecule is CCCCCCCCCCCCOC(=O)C(C)OC(=O)c1ccc(Cl)c(NC(=O)CC(=O)C(C)(C)C)c1. The number of carbonyl (C=O) groups excluding carboxylic acids is 4. The number of ether oxygens (including phenoxy) is 2. The number of anilines is 1. The van der Waals surface area contributed by atoms with Crippen LogP contribution < -0.4 is 5.32 Å². The fourth-order valence-corrected chi connectivity index (χ4v) is 3.67. The summed E-state index contributed by atoms with van der Waals surface area (Å²) in [6, 6.07) is 4.22. The van der Waals surface area contributed by atoms with Crippen molar-refractivity contribution in [1.29, 1.82) is 0 Å². The molecule has 0 aliphatic rings. The number of ketones is 1. The maximum Gasteiger partial charge on any atom is 0.347 e.